The van der Waals surface area contributed by atoms with E-state index in [1.165, 1.54) is 14.7 Å². The SMILES string of the molecule is Cc1cc(N2CCCS2(=O)=O)ccc1C(=O)NCC(C)N1CCc2sccc2C1. The first-order chi connectivity index (χ1) is 13.8. The van der Waals surface area contributed by atoms with Gasteiger partial charge >= 0.3 is 0 Å². The molecule has 8 heteroatoms. The molecule has 1 amide bonds. The van der Waals surface area contributed by atoms with E-state index in [4.69, 9.17) is 0 Å². The molecule has 3 heterocycles. The summed E-state index contributed by atoms with van der Waals surface area (Å²) in [5.74, 6) is 0.0774. The molecule has 2 aromatic rings. The second-order valence-electron chi connectivity index (χ2n) is 7.89. The number of carbonyl (C=O) groups excluding carboxylic acids is 1. The molecule has 1 N–H and O–H groups in total. The van der Waals surface area contributed by atoms with Crippen LogP contribution in [0, 0.1) is 6.92 Å². The summed E-state index contributed by atoms with van der Waals surface area (Å²) in [4.78, 5) is 16.6. The Morgan fingerprint density at radius 3 is 2.83 bits per heavy atom. The normalized spacial score (nSPS) is 19.7. The fourth-order valence-corrected chi connectivity index (χ4v) is 6.54. The maximum Gasteiger partial charge on any atom is 0.251 e. The van der Waals surface area contributed by atoms with Gasteiger partial charge in [0.15, 0.2) is 0 Å². The van der Waals surface area contributed by atoms with Crippen LogP contribution in [0.3, 0.4) is 0 Å². The summed E-state index contributed by atoms with van der Waals surface area (Å²) in [6.07, 6.45) is 1.72. The topological polar surface area (TPSA) is 69.7 Å². The molecule has 0 radical (unpaired) electrons. The average Bonchev–Trinajstić information content (AvgIpc) is 3.30. The molecule has 1 atom stereocenters. The van der Waals surface area contributed by atoms with Crippen LogP contribution in [0.1, 0.15) is 39.7 Å². The number of aryl methyl sites for hydroxylation is 1. The quantitative estimate of drug-likeness (QED) is 0.787. The van der Waals surface area contributed by atoms with Gasteiger partial charge in [-0.05, 0) is 67.5 Å². The molecule has 156 valence electrons. The number of hydrogen-bond acceptors (Lipinski definition) is 5. The Labute approximate surface area is 176 Å². The van der Waals surface area contributed by atoms with Crippen molar-refractivity contribution in [3.63, 3.8) is 0 Å². The highest BCUT2D eigenvalue weighted by atomic mass is 32.2. The van der Waals surface area contributed by atoms with Gasteiger partial charge in [-0.1, -0.05) is 0 Å². The van der Waals surface area contributed by atoms with Crippen LogP contribution in [-0.2, 0) is 23.0 Å². The highest BCUT2D eigenvalue weighted by Crippen LogP contribution is 2.27. The van der Waals surface area contributed by atoms with Gasteiger partial charge in [0, 0.05) is 42.7 Å². The van der Waals surface area contributed by atoms with Crippen molar-refractivity contribution in [3.8, 4) is 0 Å². The van der Waals surface area contributed by atoms with Crippen molar-refractivity contribution in [2.75, 3.05) is 29.7 Å². The maximum atomic E-state index is 12.7. The van der Waals surface area contributed by atoms with Crippen molar-refractivity contribution in [1.82, 2.24) is 10.2 Å². The smallest absolute Gasteiger partial charge is 0.251 e. The van der Waals surface area contributed by atoms with Crippen LogP contribution in [-0.4, -0.2) is 50.7 Å². The first-order valence-electron chi connectivity index (χ1n) is 10.0. The van der Waals surface area contributed by atoms with E-state index in [0.29, 0.717) is 30.8 Å². The Bertz CT molecular complexity index is 1020. The fraction of sp³-hybridized carbons (Fsp3) is 0.476. The predicted octanol–water partition coefficient (Wildman–Crippen LogP) is 2.77. The molecule has 1 aromatic carbocycles. The molecule has 2 aliphatic rings. The number of anilines is 1. The van der Waals surface area contributed by atoms with E-state index in [1.807, 2.05) is 18.3 Å². The predicted molar refractivity (Wildman–Crippen MR) is 117 cm³/mol. The summed E-state index contributed by atoms with van der Waals surface area (Å²) >= 11 is 1.83. The van der Waals surface area contributed by atoms with E-state index in [0.717, 1.165) is 25.1 Å². The van der Waals surface area contributed by atoms with Crippen LogP contribution in [0.4, 0.5) is 5.69 Å². The van der Waals surface area contributed by atoms with E-state index in [1.54, 1.807) is 18.2 Å². The van der Waals surface area contributed by atoms with Crippen molar-refractivity contribution < 1.29 is 13.2 Å². The Morgan fingerprint density at radius 2 is 2.10 bits per heavy atom. The number of amides is 1. The first-order valence-corrected chi connectivity index (χ1v) is 12.5. The van der Waals surface area contributed by atoms with Crippen molar-refractivity contribution in [3.05, 3.63) is 51.2 Å². The number of nitrogens with one attached hydrogen (secondary N) is 1. The first kappa shape index (κ1) is 20.4. The zero-order valence-electron chi connectivity index (χ0n) is 16.8. The van der Waals surface area contributed by atoms with Gasteiger partial charge in [0.1, 0.15) is 0 Å². The summed E-state index contributed by atoms with van der Waals surface area (Å²) in [5.41, 5.74) is 3.43. The van der Waals surface area contributed by atoms with Crippen LogP contribution >= 0.6 is 11.3 Å². The third-order valence-electron chi connectivity index (χ3n) is 5.86. The van der Waals surface area contributed by atoms with E-state index >= 15 is 0 Å². The molecular formula is C21H27N3O3S2. The molecule has 0 aliphatic carbocycles. The maximum absolute atomic E-state index is 12.7. The van der Waals surface area contributed by atoms with Crippen LogP contribution in [0.5, 0.6) is 0 Å². The molecule has 1 fully saturated rings. The zero-order valence-corrected chi connectivity index (χ0v) is 18.5. The van der Waals surface area contributed by atoms with Gasteiger partial charge in [0.2, 0.25) is 10.0 Å². The third-order valence-corrected chi connectivity index (χ3v) is 8.75. The number of benzene rings is 1. The van der Waals surface area contributed by atoms with Gasteiger partial charge in [-0.15, -0.1) is 11.3 Å². The number of carbonyl (C=O) groups is 1. The Kier molecular flexibility index (Phi) is 5.68. The van der Waals surface area contributed by atoms with Gasteiger partial charge in [0.25, 0.3) is 5.91 Å². The van der Waals surface area contributed by atoms with E-state index < -0.39 is 10.0 Å². The molecule has 6 nitrogen and oxygen atoms in total. The lowest BCUT2D eigenvalue weighted by Gasteiger charge is -2.32. The molecule has 0 spiro atoms. The van der Waals surface area contributed by atoms with Gasteiger partial charge in [-0.25, -0.2) is 8.42 Å². The number of fused-ring (bicyclic) bond motifs is 1. The molecular weight excluding hydrogens is 406 g/mol. The average molecular weight is 434 g/mol. The summed E-state index contributed by atoms with van der Waals surface area (Å²) in [6, 6.07) is 7.71. The second-order valence-corrected chi connectivity index (χ2v) is 10.9. The van der Waals surface area contributed by atoms with E-state index in [2.05, 4.69) is 28.6 Å². The van der Waals surface area contributed by atoms with Crippen molar-refractivity contribution in [2.45, 2.75) is 39.3 Å². The van der Waals surface area contributed by atoms with Crippen LogP contribution < -0.4 is 9.62 Å². The Morgan fingerprint density at radius 1 is 1.28 bits per heavy atom. The molecule has 0 saturated carbocycles. The molecule has 1 aromatic heterocycles. The highest BCUT2D eigenvalue weighted by molar-refractivity contribution is 7.93. The standard InChI is InChI=1S/C21H27N3O3S2/c1-15-12-18(24-8-3-11-29(24,26)27)4-5-19(15)21(25)22-13-16(2)23-9-6-20-17(14-23)7-10-28-20/h4-5,7,10,12,16H,3,6,8-9,11,13-14H2,1-2H3,(H,22,25). The lowest BCUT2D eigenvalue weighted by atomic mass is 10.1. The molecule has 4 rings (SSSR count). The number of hydrogen-bond donors (Lipinski definition) is 1. The molecule has 0 bridgehead atoms. The van der Waals surface area contributed by atoms with Crippen molar-refractivity contribution in [1.29, 1.82) is 0 Å². The third kappa shape index (κ3) is 4.20. The summed E-state index contributed by atoms with van der Waals surface area (Å²) in [5, 5.41) is 5.20. The number of thiophene rings is 1. The fourth-order valence-electron chi connectivity index (χ4n) is 4.10. The van der Waals surface area contributed by atoms with Gasteiger partial charge in [-0.3, -0.25) is 14.0 Å². The number of rotatable bonds is 5. The molecule has 1 unspecified atom stereocenters. The summed E-state index contributed by atoms with van der Waals surface area (Å²) in [7, 11) is -3.21. The van der Waals surface area contributed by atoms with Crippen molar-refractivity contribution in [2.24, 2.45) is 0 Å². The lowest BCUT2D eigenvalue weighted by molar-refractivity contribution is 0.0932. The monoisotopic (exact) mass is 433 g/mol. The lowest BCUT2D eigenvalue weighted by Crippen LogP contribution is -2.44. The van der Waals surface area contributed by atoms with Crippen LogP contribution in [0.2, 0.25) is 0 Å². The van der Waals surface area contributed by atoms with Crippen LogP contribution in [0.15, 0.2) is 29.6 Å². The molecule has 29 heavy (non-hydrogen) atoms. The molecule has 2 aliphatic heterocycles. The minimum absolute atomic E-state index is 0.113. The van der Waals surface area contributed by atoms with E-state index in [9.17, 15) is 13.2 Å². The summed E-state index contributed by atoms with van der Waals surface area (Å²) in [6.45, 7) is 7.04. The van der Waals surface area contributed by atoms with Gasteiger partial charge in [0.05, 0.1) is 11.4 Å². The van der Waals surface area contributed by atoms with Gasteiger partial charge < -0.3 is 5.32 Å². The minimum Gasteiger partial charge on any atom is -0.350 e. The summed E-state index contributed by atoms with van der Waals surface area (Å²) < 4.78 is 25.7. The minimum atomic E-state index is -3.21. The highest BCUT2D eigenvalue weighted by Gasteiger charge is 2.29. The zero-order chi connectivity index (χ0) is 20.6. The Hall–Kier alpha value is -1.90. The second kappa shape index (κ2) is 8.08. The largest absolute Gasteiger partial charge is 0.350 e. The van der Waals surface area contributed by atoms with Gasteiger partial charge in [-0.2, -0.15) is 0 Å². The Balaban J connectivity index is 1.37. The van der Waals surface area contributed by atoms with Crippen molar-refractivity contribution >= 4 is 33.0 Å². The number of nitrogens with zero attached hydrogens (tertiary/aromatic N) is 2. The van der Waals surface area contributed by atoms with Crippen LogP contribution in [0.25, 0.3) is 0 Å². The number of sulfonamides is 1. The van der Waals surface area contributed by atoms with E-state index in [-0.39, 0.29) is 17.7 Å². The molecule has 1 saturated heterocycles.